The Balaban J connectivity index is 1.47. The second kappa shape index (κ2) is 8.31. The number of pyridine rings is 1. The van der Waals surface area contributed by atoms with Crippen molar-refractivity contribution in [2.75, 3.05) is 0 Å². The average molecular weight is 539 g/mol. The highest BCUT2D eigenvalue weighted by Crippen LogP contribution is 2.56. The van der Waals surface area contributed by atoms with Gasteiger partial charge in [-0.2, -0.15) is 0 Å². The Morgan fingerprint density at radius 1 is 0.861 bits per heavy atom. The zero-order chi connectivity index (χ0) is 25.1. The summed E-state index contributed by atoms with van der Waals surface area (Å²) in [5.74, 6) is 0.161. The third-order valence-electron chi connectivity index (χ3n) is 6.18. The van der Waals surface area contributed by atoms with E-state index in [1.807, 2.05) is 0 Å². The van der Waals surface area contributed by atoms with Crippen LogP contribution in [0.4, 0.5) is 0 Å². The van der Waals surface area contributed by atoms with Gasteiger partial charge in [-0.1, -0.05) is 35.3 Å². The number of carbonyl (C=O) groups excluding carboxylic acids is 1. The summed E-state index contributed by atoms with van der Waals surface area (Å²) in [4.78, 5) is 17.3. The minimum Gasteiger partial charge on any atom is -0.456 e. The van der Waals surface area contributed by atoms with Gasteiger partial charge in [-0.15, -0.1) is 0 Å². The number of aromatic nitrogens is 1. The Morgan fingerprint density at radius 2 is 1.53 bits per heavy atom. The van der Waals surface area contributed by atoms with E-state index in [2.05, 4.69) is 9.71 Å². The van der Waals surface area contributed by atoms with Crippen LogP contribution in [0.5, 0.6) is 11.5 Å². The lowest BCUT2D eigenvalue weighted by molar-refractivity contribution is 0.0224. The van der Waals surface area contributed by atoms with Crippen LogP contribution in [0.2, 0.25) is 10.0 Å². The quantitative estimate of drug-likeness (QED) is 0.348. The minimum absolute atomic E-state index is 0.00818. The molecule has 4 aromatic rings. The van der Waals surface area contributed by atoms with E-state index in [9.17, 15) is 13.2 Å². The smallest absolute Gasteiger partial charge is 0.340 e. The average Bonchev–Trinajstić information content (AvgIpc) is 3.15. The highest BCUT2D eigenvalue weighted by Gasteiger charge is 2.53. The van der Waals surface area contributed by atoms with Gasteiger partial charge in [0.05, 0.1) is 22.7 Å². The Bertz CT molecular complexity index is 1610. The van der Waals surface area contributed by atoms with Gasteiger partial charge >= 0.3 is 5.97 Å². The molecule has 1 N–H and O–H groups in total. The number of fused-ring (bicyclic) bond motifs is 6. The normalized spacial score (nSPS) is 15.0. The number of benzene rings is 3. The van der Waals surface area contributed by atoms with Crippen molar-refractivity contribution in [2.24, 2.45) is 0 Å². The molecule has 7 nitrogen and oxygen atoms in total. The fourth-order valence-electron chi connectivity index (χ4n) is 4.58. The number of hydrogen-bond donors (Lipinski definition) is 1. The summed E-state index contributed by atoms with van der Waals surface area (Å²) in [6, 6.07) is 19.7. The van der Waals surface area contributed by atoms with Crippen LogP contribution >= 0.6 is 23.2 Å². The molecule has 2 aliphatic rings. The first-order valence-corrected chi connectivity index (χ1v) is 13.1. The van der Waals surface area contributed by atoms with Gasteiger partial charge in [0.2, 0.25) is 10.0 Å². The van der Waals surface area contributed by atoms with Crippen molar-refractivity contribution in [3.8, 4) is 11.5 Å². The number of hydrogen-bond acceptors (Lipinski definition) is 6. The summed E-state index contributed by atoms with van der Waals surface area (Å²) < 4.78 is 40.7. The molecule has 0 radical (unpaired) electrons. The van der Waals surface area contributed by atoms with Crippen molar-refractivity contribution in [1.29, 1.82) is 0 Å². The maximum Gasteiger partial charge on any atom is 0.340 e. The molecule has 36 heavy (non-hydrogen) atoms. The van der Waals surface area contributed by atoms with E-state index in [-0.39, 0.29) is 17.0 Å². The first-order valence-electron chi connectivity index (χ1n) is 10.8. The molecule has 3 heterocycles. The Kier molecular flexibility index (Phi) is 5.31. The molecule has 180 valence electrons. The van der Waals surface area contributed by atoms with Gasteiger partial charge in [-0.05, 0) is 60.7 Å². The molecule has 0 bridgehead atoms. The maximum atomic E-state index is 13.2. The van der Waals surface area contributed by atoms with Gasteiger partial charge in [-0.3, -0.25) is 4.98 Å². The van der Waals surface area contributed by atoms with E-state index in [1.165, 1.54) is 12.1 Å². The number of esters is 1. The van der Waals surface area contributed by atoms with Gasteiger partial charge in [0, 0.05) is 32.9 Å². The van der Waals surface area contributed by atoms with Crippen LogP contribution < -0.4 is 9.46 Å². The number of halogens is 2. The first kappa shape index (κ1) is 23.0. The molecule has 0 saturated heterocycles. The van der Waals surface area contributed by atoms with Crippen LogP contribution in [0.3, 0.4) is 0 Å². The highest BCUT2D eigenvalue weighted by atomic mass is 35.5. The van der Waals surface area contributed by atoms with Crippen molar-refractivity contribution in [2.45, 2.75) is 17.0 Å². The third kappa shape index (κ3) is 3.57. The lowest BCUT2D eigenvalue weighted by atomic mass is 9.78. The van der Waals surface area contributed by atoms with Crippen LogP contribution in [-0.2, 0) is 26.9 Å². The lowest BCUT2D eigenvalue weighted by Crippen LogP contribution is -2.33. The second-order valence-electron chi connectivity index (χ2n) is 8.31. The molecule has 2 aliphatic heterocycles. The fourth-order valence-corrected chi connectivity index (χ4v) is 5.93. The molecular formula is C26H16Cl2N2O5S. The van der Waals surface area contributed by atoms with E-state index in [4.69, 9.17) is 32.7 Å². The standard InChI is InChI=1S/C26H16Cl2N2O5S/c27-15-4-7-21-23(11-15)34-24-12-16(28)5-8-22(24)26(21)20-9-6-18(13-19(20)25(31)35-26)36(32,33)30-14-17-3-1-2-10-29-17/h1-13,30H,14H2. The van der Waals surface area contributed by atoms with E-state index in [1.54, 1.807) is 66.9 Å². The third-order valence-corrected chi connectivity index (χ3v) is 8.05. The zero-order valence-electron chi connectivity index (χ0n) is 18.4. The zero-order valence-corrected chi connectivity index (χ0v) is 20.7. The summed E-state index contributed by atoms with van der Waals surface area (Å²) in [7, 11) is -3.94. The molecule has 6 rings (SSSR count). The van der Waals surface area contributed by atoms with E-state index >= 15 is 0 Å². The number of carbonyl (C=O) groups is 1. The molecule has 0 amide bonds. The molecular weight excluding hydrogens is 523 g/mol. The highest BCUT2D eigenvalue weighted by molar-refractivity contribution is 7.89. The van der Waals surface area contributed by atoms with E-state index in [0.29, 0.717) is 43.9 Å². The molecule has 1 aromatic heterocycles. The summed E-state index contributed by atoms with van der Waals surface area (Å²) in [6.07, 6.45) is 1.58. The fraction of sp³-hybridized carbons (Fsp3) is 0.0769. The lowest BCUT2D eigenvalue weighted by Gasteiger charge is -2.36. The molecule has 0 saturated carbocycles. The van der Waals surface area contributed by atoms with Crippen LogP contribution in [-0.4, -0.2) is 19.4 Å². The summed E-state index contributed by atoms with van der Waals surface area (Å²) >= 11 is 12.4. The summed E-state index contributed by atoms with van der Waals surface area (Å²) in [5.41, 5.74) is 0.976. The number of ether oxygens (including phenoxy) is 2. The van der Waals surface area contributed by atoms with Gasteiger partial charge in [-0.25, -0.2) is 17.9 Å². The van der Waals surface area contributed by atoms with Gasteiger partial charge in [0.25, 0.3) is 0 Å². The SMILES string of the molecule is O=C1OC2(c3ccc(Cl)cc3Oc3cc(Cl)ccc32)c2ccc(S(=O)(=O)NCc3ccccn3)cc21. The van der Waals surface area contributed by atoms with Crippen molar-refractivity contribution in [1.82, 2.24) is 9.71 Å². The molecule has 0 fully saturated rings. The van der Waals surface area contributed by atoms with Crippen LogP contribution in [0.25, 0.3) is 0 Å². The molecule has 3 aromatic carbocycles. The topological polar surface area (TPSA) is 94.6 Å². The summed E-state index contributed by atoms with van der Waals surface area (Å²) in [5, 5.41) is 0.888. The van der Waals surface area contributed by atoms with Crippen molar-refractivity contribution in [3.05, 3.63) is 117 Å². The predicted molar refractivity (Wildman–Crippen MR) is 133 cm³/mol. The number of nitrogens with zero attached hydrogens (tertiary/aromatic N) is 1. The van der Waals surface area contributed by atoms with E-state index < -0.39 is 21.6 Å². The predicted octanol–water partition coefficient (Wildman–Crippen LogP) is 5.43. The van der Waals surface area contributed by atoms with Crippen molar-refractivity contribution >= 4 is 39.2 Å². The Morgan fingerprint density at radius 3 is 2.17 bits per heavy atom. The number of nitrogens with one attached hydrogen (secondary N) is 1. The first-order chi connectivity index (χ1) is 17.3. The monoisotopic (exact) mass is 538 g/mol. The van der Waals surface area contributed by atoms with Crippen molar-refractivity contribution < 1.29 is 22.7 Å². The minimum atomic E-state index is -3.94. The number of rotatable bonds is 4. The van der Waals surface area contributed by atoms with E-state index in [0.717, 1.165) is 0 Å². The molecule has 0 aliphatic carbocycles. The largest absolute Gasteiger partial charge is 0.456 e. The van der Waals surface area contributed by atoms with Gasteiger partial charge < -0.3 is 9.47 Å². The van der Waals surface area contributed by atoms with Crippen molar-refractivity contribution in [3.63, 3.8) is 0 Å². The molecule has 1 spiro atoms. The molecule has 0 atom stereocenters. The Hall–Kier alpha value is -3.43. The molecule has 0 unspecified atom stereocenters. The van der Waals surface area contributed by atoms with Crippen LogP contribution in [0.15, 0.2) is 83.9 Å². The van der Waals surface area contributed by atoms with Crippen LogP contribution in [0, 0.1) is 0 Å². The van der Waals surface area contributed by atoms with Gasteiger partial charge in [0.15, 0.2) is 5.60 Å². The van der Waals surface area contributed by atoms with Crippen LogP contribution in [0.1, 0.15) is 32.7 Å². The Labute approximate surface area is 216 Å². The maximum absolute atomic E-state index is 13.2. The van der Waals surface area contributed by atoms with Gasteiger partial charge in [0.1, 0.15) is 11.5 Å². The molecule has 10 heteroatoms. The number of sulfonamides is 1. The summed E-state index contributed by atoms with van der Waals surface area (Å²) in [6.45, 7) is 0.00818. The second-order valence-corrected chi connectivity index (χ2v) is 10.9.